The lowest BCUT2D eigenvalue weighted by molar-refractivity contribution is -0.870. The fraction of sp³-hybridized carbons (Fsp3) is 1.00. The largest absolute Gasteiger partial charge is 0.472 e. The molecule has 0 fully saturated rings. The van der Waals surface area contributed by atoms with Gasteiger partial charge in [0.15, 0.2) is 0 Å². The van der Waals surface area contributed by atoms with Crippen molar-refractivity contribution in [3.05, 3.63) is 0 Å². The predicted octanol–water partition coefficient (Wildman–Crippen LogP) is 15.2. The van der Waals surface area contributed by atoms with Gasteiger partial charge >= 0.3 is 7.82 Å². The van der Waals surface area contributed by atoms with Gasteiger partial charge in [0.2, 0.25) is 0 Å². The zero-order chi connectivity index (χ0) is 38.3. The Morgan fingerprint density at radius 1 is 0.500 bits per heavy atom. The van der Waals surface area contributed by atoms with Crippen LogP contribution >= 0.6 is 31.3 Å². The lowest BCUT2D eigenvalue weighted by atomic mass is 10.0. The van der Waals surface area contributed by atoms with Crippen molar-refractivity contribution < 1.29 is 23.0 Å². The topological polar surface area (TPSA) is 55.8 Å². The van der Waals surface area contributed by atoms with E-state index in [1.807, 2.05) is 23.5 Å². The van der Waals surface area contributed by atoms with Crippen molar-refractivity contribution >= 4 is 31.3 Å². The monoisotopic (exact) mass is 795 g/mol. The first-order chi connectivity index (χ1) is 25.2. The number of rotatable bonds is 44. The van der Waals surface area contributed by atoms with Crippen LogP contribution in [-0.4, -0.2) is 72.8 Å². The minimum Gasteiger partial charge on any atom is -0.329 e. The molecule has 0 amide bonds. The molecule has 0 saturated heterocycles. The summed E-state index contributed by atoms with van der Waals surface area (Å²) in [5.41, 5.74) is 0. The van der Waals surface area contributed by atoms with Gasteiger partial charge in [0.1, 0.15) is 13.2 Å². The van der Waals surface area contributed by atoms with E-state index in [0.29, 0.717) is 11.0 Å². The molecule has 0 aliphatic rings. The quantitative estimate of drug-likeness (QED) is 0.0377. The third-order valence-corrected chi connectivity index (χ3v) is 13.9. The van der Waals surface area contributed by atoms with E-state index in [-0.39, 0.29) is 18.5 Å². The number of phosphoric ester groups is 1. The fourth-order valence-electron chi connectivity index (χ4n) is 6.66. The van der Waals surface area contributed by atoms with E-state index in [9.17, 15) is 9.46 Å². The second-order valence-corrected chi connectivity index (χ2v) is 20.8. The zero-order valence-electron chi connectivity index (χ0n) is 35.8. The molecule has 0 heterocycles. The normalized spacial score (nSPS) is 13.9. The van der Waals surface area contributed by atoms with Crippen LogP contribution in [0.15, 0.2) is 0 Å². The zero-order valence-corrected chi connectivity index (χ0v) is 38.4. The van der Waals surface area contributed by atoms with Crippen LogP contribution in [0.4, 0.5) is 0 Å². The number of hydrogen-bond donors (Lipinski definition) is 1. The number of unbranched alkanes of at least 4 members (excludes halogenated alkanes) is 30. The minimum atomic E-state index is -4.02. The Balaban J connectivity index is 4.03. The SMILES string of the molecule is CCCCCCCCCCCCCCCCCCSCC(COP(=O)(O)OCC[N+](C)(C)C)SCCCCCCCCCCCCCCCCCC. The molecule has 2 unspecified atom stereocenters. The lowest BCUT2D eigenvalue weighted by Crippen LogP contribution is -2.37. The molecule has 52 heavy (non-hydrogen) atoms. The van der Waals surface area contributed by atoms with Gasteiger partial charge in [-0.3, -0.25) is 9.05 Å². The highest BCUT2D eigenvalue weighted by Crippen LogP contribution is 2.44. The summed E-state index contributed by atoms with van der Waals surface area (Å²) in [6, 6.07) is 0. The fourth-order valence-corrected chi connectivity index (χ4v) is 9.99. The lowest BCUT2D eigenvalue weighted by Gasteiger charge is -2.24. The Kier molecular flexibility index (Phi) is 40.6. The smallest absolute Gasteiger partial charge is 0.329 e. The molecule has 0 aromatic rings. The van der Waals surface area contributed by atoms with Gasteiger partial charge in [-0.1, -0.05) is 206 Å². The average molecular weight is 795 g/mol. The van der Waals surface area contributed by atoms with Gasteiger partial charge in [0.05, 0.1) is 27.7 Å². The maximum atomic E-state index is 12.6. The molecule has 0 rings (SSSR count). The highest BCUT2D eigenvalue weighted by atomic mass is 32.2. The van der Waals surface area contributed by atoms with E-state index in [1.54, 1.807) is 0 Å². The molecule has 0 radical (unpaired) electrons. The van der Waals surface area contributed by atoms with Gasteiger partial charge in [0, 0.05) is 11.0 Å². The third kappa shape index (κ3) is 43.5. The van der Waals surface area contributed by atoms with Crippen molar-refractivity contribution in [1.82, 2.24) is 0 Å². The molecule has 0 aliphatic heterocycles. The molecule has 0 saturated carbocycles. The van der Waals surface area contributed by atoms with Crippen molar-refractivity contribution in [2.24, 2.45) is 0 Å². The van der Waals surface area contributed by atoms with E-state index < -0.39 is 7.82 Å². The van der Waals surface area contributed by atoms with E-state index in [2.05, 4.69) is 35.0 Å². The standard InChI is InChI=1S/C44H92NO4PS2/c1-6-8-10-12-14-16-18-20-22-24-26-28-30-32-34-36-40-51-43-44(42-49-50(46,47)48-39-38-45(3,4)5)52-41-37-35-33-31-29-27-25-23-21-19-17-15-13-11-9-7-2/h44H,6-43H2,1-5H3/p+1. The molecule has 0 aromatic carbocycles. The van der Waals surface area contributed by atoms with Crippen LogP contribution in [0.25, 0.3) is 0 Å². The Morgan fingerprint density at radius 2 is 0.827 bits per heavy atom. The van der Waals surface area contributed by atoms with Gasteiger partial charge < -0.3 is 9.38 Å². The first-order valence-corrected chi connectivity index (χ1v) is 26.5. The summed E-state index contributed by atoms with van der Waals surface area (Å²) in [6.45, 7) is 5.76. The summed E-state index contributed by atoms with van der Waals surface area (Å²) >= 11 is 3.92. The molecule has 0 aromatic heterocycles. The van der Waals surface area contributed by atoms with E-state index in [1.165, 1.54) is 211 Å². The van der Waals surface area contributed by atoms with Gasteiger partial charge in [-0.2, -0.15) is 23.5 Å². The Bertz CT molecular complexity index is 754. The van der Waals surface area contributed by atoms with Crippen molar-refractivity contribution in [1.29, 1.82) is 0 Å². The Morgan fingerprint density at radius 3 is 1.17 bits per heavy atom. The van der Waals surface area contributed by atoms with Gasteiger partial charge in [0.25, 0.3) is 0 Å². The van der Waals surface area contributed by atoms with E-state index in [0.717, 1.165) is 11.5 Å². The molecule has 1 N–H and O–H groups in total. The number of nitrogens with zero attached hydrogens (tertiary/aromatic N) is 1. The second kappa shape index (κ2) is 40.0. The molecule has 0 bridgehead atoms. The molecular weight excluding hydrogens is 702 g/mol. The van der Waals surface area contributed by atoms with Crippen molar-refractivity contribution in [3.63, 3.8) is 0 Å². The van der Waals surface area contributed by atoms with Crippen LogP contribution in [-0.2, 0) is 13.6 Å². The molecule has 314 valence electrons. The number of likely N-dealkylation sites (N-methyl/N-ethyl adjacent to an activating group) is 1. The van der Waals surface area contributed by atoms with Crippen LogP contribution in [0.2, 0.25) is 0 Å². The van der Waals surface area contributed by atoms with Crippen LogP contribution in [0.5, 0.6) is 0 Å². The Hall–Kier alpha value is 0.770. The average Bonchev–Trinajstić information content (AvgIpc) is 3.10. The molecule has 0 spiro atoms. The second-order valence-electron chi connectivity index (χ2n) is 16.8. The summed E-state index contributed by atoms with van der Waals surface area (Å²) in [5.74, 6) is 3.25. The van der Waals surface area contributed by atoms with Gasteiger partial charge in [-0.15, -0.1) is 0 Å². The van der Waals surface area contributed by atoms with E-state index >= 15 is 0 Å². The number of phosphoric acid groups is 1. The summed E-state index contributed by atoms with van der Waals surface area (Å²) < 4.78 is 24.1. The molecule has 5 nitrogen and oxygen atoms in total. The maximum absolute atomic E-state index is 12.6. The number of thioether (sulfide) groups is 2. The predicted molar refractivity (Wildman–Crippen MR) is 237 cm³/mol. The summed E-state index contributed by atoms with van der Waals surface area (Å²) in [4.78, 5) is 10.3. The minimum absolute atomic E-state index is 0.224. The molecule has 0 aliphatic carbocycles. The third-order valence-electron chi connectivity index (χ3n) is 10.2. The number of quaternary nitrogens is 1. The first-order valence-electron chi connectivity index (χ1n) is 22.8. The first kappa shape index (κ1) is 52.8. The van der Waals surface area contributed by atoms with E-state index in [4.69, 9.17) is 9.05 Å². The van der Waals surface area contributed by atoms with Gasteiger partial charge in [-0.05, 0) is 24.3 Å². The van der Waals surface area contributed by atoms with Crippen LogP contribution < -0.4 is 0 Å². The van der Waals surface area contributed by atoms with Gasteiger partial charge in [-0.25, -0.2) is 4.57 Å². The molecule has 2 atom stereocenters. The van der Waals surface area contributed by atoms with Crippen molar-refractivity contribution in [2.75, 3.05) is 58.2 Å². The van der Waals surface area contributed by atoms with Crippen molar-refractivity contribution in [2.45, 2.75) is 225 Å². The Labute approximate surface area is 335 Å². The summed E-state index contributed by atoms with van der Waals surface area (Å²) in [5, 5.41) is 0.227. The highest BCUT2D eigenvalue weighted by molar-refractivity contribution is 8.03. The molecular formula is C44H93NO4PS2+. The van der Waals surface area contributed by atoms with Crippen molar-refractivity contribution in [3.8, 4) is 0 Å². The number of hydrogen-bond acceptors (Lipinski definition) is 5. The van der Waals surface area contributed by atoms with Crippen LogP contribution in [0, 0.1) is 0 Å². The van der Waals surface area contributed by atoms with Crippen LogP contribution in [0.3, 0.4) is 0 Å². The summed E-state index contributed by atoms with van der Waals surface area (Å²) in [7, 11) is 2.13. The van der Waals surface area contributed by atoms with Crippen LogP contribution in [0.1, 0.15) is 219 Å². The molecule has 8 heteroatoms. The maximum Gasteiger partial charge on any atom is 0.472 e. The summed E-state index contributed by atoms with van der Waals surface area (Å²) in [6.07, 6.45) is 44.6. The highest BCUT2D eigenvalue weighted by Gasteiger charge is 2.24.